The lowest BCUT2D eigenvalue weighted by Gasteiger charge is -2.32. The van der Waals surface area contributed by atoms with Gasteiger partial charge in [-0.3, -0.25) is 14.5 Å². The molecular formula is C18H29N3O3. The average Bonchev–Trinajstić information content (AvgIpc) is 2.53. The molecule has 1 aromatic rings. The van der Waals surface area contributed by atoms with Crippen molar-refractivity contribution in [3.63, 3.8) is 0 Å². The first-order valence-electron chi connectivity index (χ1n) is 8.74. The molecule has 0 unspecified atom stereocenters. The maximum absolute atomic E-state index is 12.2. The Morgan fingerprint density at radius 3 is 2.58 bits per heavy atom. The highest BCUT2D eigenvalue weighted by atomic mass is 16.3. The van der Waals surface area contributed by atoms with Crippen LogP contribution in [0.2, 0.25) is 0 Å². The fourth-order valence-electron chi connectivity index (χ4n) is 2.96. The number of hydrogen-bond acceptors (Lipinski definition) is 4. The van der Waals surface area contributed by atoms with Crippen LogP contribution in [-0.4, -0.2) is 46.1 Å². The second-order valence-corrected chi connectivity index (χ2v) is 7.20. The maximum Gasteiger partial charge on any atom is 0.261 e. The third-order valence-corrected chi connectivity index (χ3v) is 4.88. The summed E-state index contributed by atoms with van der Waals surface area (Å²) in [5.74, 6) is -0.431. The summed E-state index contributed by atoms with van der Waals surface area (Å²) in [4.78, 5) is 29.3. The van der Waals surface area contributed by atoms with Gasteiger partial charge in [0.25, 0.3) is 11.5 Å². The summed E-state index contributed by atoms with van der Waals surface area (Å²) < 4.78 is 0. The van der Waals surface area contributed by atoms with Crippen molar-refractivity contribution in [2.75, 3.05) is 13.6 Å². The van der Waals surface area contributed by atoms with Gasteiger partial charge in [-0.1, -0.05) is 19.3 Å². The van der Waals surface area contributed by atoms with E-state index in [2.05, 4.69) is 29.0 Å². The van der Waals surface area contributed by atoms with Gasteiger partial charge in [0.15, 0.2) is 0 Å². The van der Waals surface area contributed by atoms with Gasteiger partial charge in [-0.15, -0.1) is 0 Å². The molecule has 0 spiro atoms. The van der Waals surface area contributed by atoms with E-state index in [1.54, 1.807) is 12.1 Å². The molecule has 134 valence electrons. The zero-order valence-corrected chi connectivity index (χ0v) is 14.9. The molecule has 1 saturated carbocycles. The predicted molar refractivity (Wildman–Crippen MR) is 94.0 cm³/mol. The summed E-state index contributed by atoms with van der Waals surface area (Å²) in [6.07, 6.45) is 4.48. The number of amides is 1. The number of rotatable bonds is 6. The number of nitrogens with zero attached hydrogens (tertiary/aromatic N) is 1. The van der Waals surface area contributed by atoms with Crippen molar-refractivity contribution in [3.05, 3.63) is 33.7 Å². The normalized spacial score (nSPS) is 17.2. The molecule has 0 saturated heterocycles. The third kappa shape index (κ3) is 4.92. The molecule has 0 bridgehead atoms. The summed E-state index contributed by atoms with van der Waals surface area (Å²) in [7, 11) is 1.98. The fraction of sp³-hybridized carbons (Fsp3) is 0.667. The van der Waals surface area contributed by atoms with Gasteiger partial charge in [-0.25, -0.2) is 0 Å². The van der Waals surface area contributed by atoms with E-state index in [0.29, 0.717) is 25.4 Å². The highest BCUT2D eigenvalue weighted by Crippen LogP contribution is 2.27. The highest BCUT2D eigenvalue weighted by molar-refractivity contribution is 5.93. The van der Waals surface area contributed by atoms with Crippen LogP contribution < -0.4 is 10.9 Å². The summed E-state index contributed by atoms with van der Waals surface area (Å²) in [6, 6.07) is 3.69. The molecule has 1 aromatic heterocycles. The van der Waals surface area contributed by atoms with Crippen LogP contribution in [0.25, 0.3) is 0 Å². The van der Waals surface area contributed by atoms with Crippen molar-refractivity contribution in [2.24, 2.45) is 0 Å². The van der Waals surface area contributed by atoms with Gasteiger partial charge in [-0.05, 0) is 45.9 Å². The highest BCUT2D eigenvalue weighted by Gasteiger charge is 2.29. The van der Waals surface area contributed by atoms with Crippen molar-refractivity contribution in [2.45, 2.75) is 64.1 Å². The third-order valence-electron chi connectivity index (χ3n) is 4.88. The van der Waals surface area contributed by atoms with E-state index in [4.69, 9.17) is 0 Å². The Hall–Kier alpha value is -1.66. The number of carbonyl (C=O) groups excluding carboxylic acids is 1. The molecule has 1 heterocycles. The van der Waals surface area contributed by atoms with Crippen LogP contribution in [0.5, 0.6) is 0 Å². The fourth-order valence-corrected chi connectivity index (χ4v) is 2.96. The standard InChI is InChI=1S/C18H29N3O3/c1-13(2)21(3)11-14-7-8-15(17(23)20-14)16(22)19-12-18(24)9-5-4-6-10-18/h7-8,13,24H,4-6,9-12H2,1-3H3,(H,19,22)(H,20,23). The SMILES string of the molecule is CC(C)N(C)Cc1ccc(C(=O)NCC2(O)CCCCC2)c(=O)[nH]1. The second-order valence-electron chi connectivity index (χ2n) is 7.20. The molecule has 0 radical (unpaired) electrons. The Morgan fingerprint density at radius 2 is 2.00 bits per heavy atom. The van der Waals surface area contributed by atoms with E-state index in [0.717, 1.165) is 25.0 Å². The minimum absolute atomic E-state index is 0.0883. The number of aromatic amines is 1. The van der Waals surface area contributed by atoms with Crippen molar-refractivity contribution in [3.8, 4) is 0 Å². The number of H-pyrrole nitrogens is 1. The number of carbonyl (C=O) groups is 1. The quantitative estimate of drug-likeness (QED) is 0.738. The van der Waals surface area contributed by atoms with Crippen molar-refractivity contribution >= 4 is 5.91 Å². The van der Waals surface area contributed by atoms with Crippen LogP contribution in [0.15, 0.2) is 16.9 Å². The van der Waals surface area contributed by atoms with E-state index in [9.17, 15) is 14.7 Å². The largest absolute Gasteiger partial charge is 0.388 e. The van der Waals surface area contributed by atoms with Crippen molar-refractivity contribution in [1.82, 2.24) is 15.2 Å². The van der Waals surface area contributed by atoms with Crippen LogP contribution >= 0.6 is 0 Å². The zero-order valence-electron chi connectivity index (χ0n) is 14.9. The van der Waals surface area contributed by atoms with E-state index >= 15 is 0 Å². The molecule has 3 N–H and O–H groups in total. The molecule has 0 atom stereocenters. The number of pyridine rings is 1. The van der Waals surface area contributed by atoms with Crippen LogP contribution in [0.4, 0.5) is 0 Å². The predicted octanol–water partition coefficient (Wildman–Crippen LogP) is 1.64. The van der Waals surface area contributed by atoms with Gasteiger partial charge >= 0.3 is 0 Å². The molecule has 0 aromatic carbocycles. The molecule has 1 aliphatic rings. The summed E-state index contributed by atoms with van der Waals surface area (Å²) in [5.41, 5.74) is -0.359. The lowest BCUT2D eigenvalue weighted by molar-refractivity contribution is 0.00524. The minimum atomic E-state index is -0.833. The zero-order chi connectivity index (χ0) is 17.7. The number of aliphatic hydroxyl groups is 1. The summed E-state index contributed by atoms with van der Waals surface area (Å²) in [6.45, 7) is 4.98. The van der Waals surface area contributed by atoms with Crippen LogP contribution in [0.3, 0.4) is 0 Å². The van der Waals surface area contributed by atoms with Crippen LogP contribution in [-0.2, 0) is 6.54 Å². The van der Waals surface area contributed by atoms with E-state index in [-0.39, 0.29) is 12.1 Å². The van der Waals surface area contributed by atoms with E-state index < -0.39 is 17.1 Å². The number of aromatic nitrogens is 1. The first kappa shape index (κ1) is 18.7. The number of hydrogen-bond donors (Lipinski definition) is 3. The lowest BCUT2D eigenvalue weighted by atomic mass is 9.85. The van der Waals surface area contributed by atoms with Crippen LogP contribution in [0, 0.1) is 0 Å². The van der Waals surface area contributed by atoms with Gasteiger partial charge in [-0.2, -0.15) is 0 Å². The Bertz CT molecular complexity index is 618. The Morgan fingerprint density at radius 1 is 1.33 bits per heavy atom. The molecule has 24 heavy (non-hydrogen) atoms. The summed E-state index contributed by atoms with van der Waals surface area (Å²) >= 11 is 0. The smallest absolute Gasteiger partial charge is 0.261 e. The molecule has 1 fully saturated rings. The molecule has 1 aliphatic carbocycles. The van der Waals surface area contributed by atoms with E-state index in [1.165, 1.54) is 0 Å². The van der Waals surface area contributed by atoms with Gasteiger partial charge in [0, 0.05) is 24.8 Å². The first-order valence-corrected chi connectivity index (χ1v) is 8.74. The first-order chi connectivity index (χ1) is 11.3. The topological polar surface area (TPSA) is 85.4 Å². The molecule has 6 heteroatoms. The van der Waals surface area contributed by atoms with Gasteiger partial charge < -0.3 is 15.4 Å². The lowest BCUT2D eigenvalue weighted by Crippen LogP contribution is -2.45. The summed E-state index contributed by atoms with van der Waals surface area (Å²) in [5, 5.41) is 13.1. The molecule has 2 rings (SSSR count). The van der Waals surface area contributed by atoms with Gasteiger partial charge in [0.05, 0.1) is 5.60 Å². The average molecular weight is 335 g/mol. The van der Waals surface area contributed by atoms with Crippen LogP contribution in [0.1, 0.15) is 62.0 Å². The Kier molecular flexibility index (Phi) is 6.18. The van der Waals surface area contributed by atoms with Gasteiger partial charge in [0.2, 0.25) is 0 Å². The molecule has 1 amide bonds. The van der Waals surface area contributed by atoms with Crippen molar-refractivity contribution < 1.29 is 9.90 Å². The Labute approximate surface area is 143 Å². The number of nitrogens with one attached hydrogen (secondary N) is 2. The van der Waals surface area contributed by atoms with Gasteiger partial charge in [0.1, 0.15) is 5.56 Å². The Balaban J connectivity index is 1.98. The van der Waals surface area contributed by atoms with E-state index in [1.807, 2.05) is 7.05 Å². The van der Waals surface area contributed by atoms with Crippen molar-refractivity contribution in [1.29, 1.82) is 0 Å². The molecule has 6 nitrogen and oxygen atoms in total. The molecular weight excluding hydrogens is 306 g/mol. The maximum atomic E-state index is 12.2. The molecule has 0 aliphatic heterocycles. The monoisotopic (exact) mass is 335 g/mol. The second kappa shape index (κ2) is 7.94. The minimum Gasteiger partial charge on any atom is -0.388 e.